The first-order chi connectivity index (χ1) is 9.65. The number of urea groups is 1. The van der Waals surface area contributed by atoms with Gasteiger partial charge in [0, 0.05) is 11.7 Å². The first-order valence-electron chi connectivity index (χ1n) is 5.81. The number of nitrogens with one attached hydrogen (secondary N) is 2. The topological polar surface area (TPSA) is 87.7 Å². The Bertz CT molecular complexity index is 502. The monoisotopic (exact) mass is 306 g/mol. The van der Waals surface area contributed by atoms with E-state index in [0.29, 0.717) is 0 Å². The maximum absolute atomic E-state index is 11.9. The second-order valence-corrected chi connectivity index (χ2v) is 4.17. The highest BCUT2D eigenvalue weighted by Crippen LogP contribution is 2.23. The van der Waals surface area contributed by atoms with E-state index in [9.17, 15) is 22.8 Å². The molecule has 0 saturated carbocycles. The Kier molecular flexibility index (Phi) is 5.39. The van der Waals surface area contributed by atoms with E-state index in [-0.39, 0.29) is 12.1 Å². The predicted molar refractivity (Wildman–Crippen MR) is 67.0 cm³/mol. The van der Waals surface area contributed by atoms with Crippen LogP contribution in [-0.2, 0) is 4.79 Å². The van der Waals surface area contributed by atoms with Crippen molar-refractivity contribution in [1.29, 1.82) is 0 Å². The number of carbonyl (C=O) groups is 2. The van der Waals surface area contributed by atoms with Gasteiger partial charge in [0.05, 0.1) is 6.42 Å². The number of ether oxygens (including phenoxy) is 1. The van der Waals surface area contributed by atoms with Crippen LogP contribution in [0.25, 0.3) is 0 Å². The Morgan fingerprint density at radius 3 is 2.33 bits per heavy atom. The Balaban J connectivity index is 2.52. The van der Waals surface area contributed by atoms with Gasteiger partial charge in [0.15, 0.2) is 0 Å². The fraction of sp³-hybridized carbons (Fsp3) is 0.333. The van der Waals surface area contributed by atoms with Crippen LogP contribution >= 0.6 is 0 Å². The highest BCUT2D eigenvalue weighted by Gasteiger charge is 2.30. The third kappa shape index (κ3) is 7.04. The van der Waals surface area contributed by atoms with Crippen molar-refractivity contribution < 1.29 is 32.6 Å². The van der Waals surface area contributed by atoms with E-state index in [1.807, 2.05) is 0 Å². The summed E-state index contributed by atoms with van der Waals surface area (Å²) >= 11 is 0. The Morgan fingerprint density at radius 2 is 1.86 bits per heavy atom. The number of alkyl halides is 3. The molecule has 0 bridgehead atoms. The molecule has 3 N–H and O–H groups in total. The van der Waals surface area contributed by atoms with Crippen LogP contribution in [0.3, 0.4) is 0 Å². The standard InChI is InChI=1S/C12H13F3N2O4/c1-7(6-10(18)19)16-11(20)17-8-2-4-9(5-3-8)21-12(13,14)15/h2-5,7H,6H2,1H3,(H,18,19)(H2,16,17,20). The number of amides is 2. The molecule has 0 aliphatic carbocycles. The minimum Gasteiger partial charge on any atom is -0.481 e. The molecule has 1 rings (SSSR count). The van der Waals surface area contributed by atoms with E-state index in [4.69, 9.17) is 5.11 Å². The van der Waals surface area contributed by atoms with Gasteiger partial charge in [-0.3, -0.25) is 4.79 Å². The summed E-state index contributed by atoms with van der Waals surface area (Å²) in [4.78, 5) is 21.9. The molecule has 0 saturated heterocycles. The minimum absolute atomic E-state index is 0.240. The molecule has 21 heavy (non-hydrogen) atoms. The molecular weight excluding hydrogens is 293 g/mol. The van der Waals surface area contributed by atoms with Crippen LogP contribution in [-0.4, -0.2) is 29.5 Å². The molecule has 0 aromatic heterocycles. The molecule has 0 radical (unpaired) electrons. The number of hydrogen-bond donors (Lipinski definition) is 3. The summed E-state index contributed by atoms with van der Waals surface area (Å²) < 4.78 is 39.5. The van der Waals surface area contributed by atoms with Crippen LogP contribution in [0.1, 0.15) is 13.3 Å². The number of carbonyl (C=O) groups excluding carboxylic acids is 1. The van der Waals surface area contributed by atoms with E-state index in [1.54, 1.807) is 0 Å². The number of anilines is 1. The fourth-order valence-corrected chi connectivity index (χ4v) is 1.44. The van der Waals surface area contributed by atoms with Gasteiger partial charge < -0.3 is 20.5 Å². The lowest BCUT2D eigenvalue weighted by atomic mass is 10.2. The summed E-state index contributed by atoms with van der Waals surface area (Å²) in [5, 5.41) is 13.3. The van der Waals surface area contributed by atoms with Gasteiger partial charge in [-0.2, -0.15) is 0 Å². The minimum atomic E-state index is -4.78. The number of carboxylic acids is 1. The van der Waals surface area contributed by atoms with Crippen LogP contribution in [0.5, 0.6) is 5.75 Å². The number of benzene rings is 1. The molecule has 2 amide bonds. The summed E-state index contributed by atoms with van der Waals surface area (Å²) in [6.45, 7) is 1.51. The molecule has 0 spiro atoms. The quantitative estimate of drug-likeness (QED) is 0.780. The van der Waals surface area contributed by atoms with Gasteiger partial charge in [0.25, 0.3) is 0 Å². The van der Waals surface area contributed by atoms with Gasteiger partial charge in [0.1, 0.15) is 5.75 Å². The average molecular weight is 306 g/mol. The first-order valence-corrected chi connectivity index (χ1v) is 5.81. The zero-order chi connectivity index (χ0) is 16.0. The fourth-order valence-electron chi connectivity index (χ4n) is 1.44. The Morgan fingerprint density at radius 1 is 1.29 bits per heavy atom. The van der Waals surface area contributed by atoms with Crippen LogP contribution < -0.4 is 15.4 Å². The van der Waals surface area contributed by atoms with Crippen molar-refractivity contribution in [2.24, 2.45) is 0 Å². The molecule has 6 nitrogen and oxygen atoms in total. The van der Waals surface area contributed by atoms with Gasteiger partial charge in [-0.1, -0.05) is 0 Å². The summed E-state index contributed by atoms with van der Waals surface area (Å²) in [7, 11) is 0. The van der Waals surface area contributed by atoms with Crippen molar-refractivity contribution in [1.82, 2.24) is 5.32 Å². The Hall–Kier alpha value is -2.45. The lowest BCUT2D eigenvalue weighted by molar-refractivity contribution is -0.274. The number of hydrogen-bond acceptors (Lipinski definition) is 3. The molecule has 1 aromatic rings. The molecule has 1 aromatic carbocycles. The summed E-state index contributed by atoms with van der Waals surface area (Å²) in [6.07, 6.45) is -5.02. The zero-order valence-corrected chi connectivity index (χ0v) is 10.9. The molecule has 1 atom stereocenters. The molecule has 0 heterocycles. The van der Waals surface area contributed by atoms with Gasteiger partial charge >= 0.3 is 18.4 Å². The lowest BCUT2D eigenvalue weighted by Crippen LogP contribution is -2.37. The smallest absolute Gasteiger partial charge is 0.481 e. The number of aliphatic carboxylic acids is 1. The third-order valence-corrected chi connectivity index (χ3v) is 2.20. The first kappa shape index (κ1) is 16.6. The van der Waals surface area contributed by atoms with Crippen molar-refractivity contribution in [2.75, 3.05) is 5.32 Å². The molecular formula is C12H13F3N2O4. The normalized spacial score (nSPS) is 12.4. The van der Waals surface area contributed by atoms with Crippen LogP contribution in [0.4, 0.5) is 23.7 Å². The average Bonchev–Trinajstić information content (AvgIpc) is 2.28. The lowest BCUT2D eigenvalue weighted by Gasteiger charge is -2.13. The number of rotatable bonds is 5. The maximum Gasteiger partial charge on any atom is 0.573 e. The summed E-state index contributed by atoms with van der Waals surface area (Å²) in [6, 6.07) is 3.29. The molecule has 0 fully saturated rings. The largest absolute Gasteiger partial charge is 0.573 e. The van der Waals surface area contributed by atoms with E-state index >= 15 is 0 Å². The van der Waals surface area contributed by atoms with Crippen molar-refractivity contribution >= 4 is 17.7 Å². The summed E-state index contributed by atoms with van der Waals surface area (Å²) in [5.74, 6) is -1.47. The van der Waals surface area contributed by atoms with Crippen molar-refractivity contribution in [3.63, 3.8) is 0 Å². The zero-order valence-electron chi connectivity index (χ0n) is 10.9. The van der Waals surface area contributed by atoms with Crippen molar-refractivity contribution in [3.8, 4) is 5.75 Å². The molecule has 0 aliphatic heterocycles. The third-order valence-electron chi connectivity index (χ3n) is 2.20. The number of carboxylic acid groups (broad SMARTS) is 1. The van der Waals surface area contributed by atoms with Crippen LogP contribution in [0.2, 0.25) is 0 Å². The highest BCUT2D eigenvalue weighted by molar-refractivity contribution is 5.89. The van der Waals surface area contributed by atoms with E-state index in [2.05, 4.69) is 15.4 Å². The predicted octanol–water partition coefficient (Wildman–Crippen LogP) is 2.57. The van der Waals surface area contributed by atoms with Gasteiger partial charge in [-0.05, 0) is 31.2 Å². The molecule has 0 aliphatic rings. The SMILES string of the molecule is CC(CC(=O)O)NC(=O)Nc1ccc(OC(F)(F)F)cc1. The molecule has 9 heteroatoms. The van der Waals surface area contributed by atoms with E-state index in [0.717, 1.165) is 12.1 Å². The van der Waals surface area contributed by atoms with Crippen LogP contribution in [0, 0.1) is 0 Å². The summed E-state index contributed by atoms with van der Waals surface area (Å²) in [5.41, 5.74) is 0.240. The van der Waals surface area contributed by atoms with Gasteiger partial charge in [-0.25, -0.2) is 4.79 Å². The second kappa shape index (κ2) is 6.82. The van der Waals surface area contributed by atoms with Crippen molar-refractivity contribution in [3.05, 3.63) is 24.3 Å². The van der Waals surface area contributed by atoms with Gasteiger partial charge in [-0.15, -0.1) is 13.2 Å². The van der Waals surface area contributed by atoms with Crippen LogP contribution in [0.15, 0.2) is 24.3 Å². The van der Waals surface area contributed by atoms with E-state index < -0.39 is 30.2 Å². The molecule has 1 unspecified atom stereocenters. The highest BCUT2D eigenvalue weighted by atomic mass is 19.4. The Labute approximate surface area is 117 Å². The van der Waals surface area contributed by atoms with Crippen molar-refractivity contribution in [2.45, 2.75) is 25.7 Å². The van der Waals surface area contributed by atoms with E-state index in [1.165, 1.54) is 19.1 Å². The number of halogens is 3. The maximum atomic E-state index is 11.9. The van der Waals surface area contributed by atoms with Gasteiger partial charge in [0.2, 0.25) is 0 Å². The second-order valence-electron chi connectivity index (χ2n) is 4.17. The molecule has 116 valence electrons.